The summed E-state index contributed by atoms with van der Waals surface area (Å²) < 4.78 is 0. The second-order valence-corrected chi connectivity index (χ2v) is 4.86. The van der Waals surface area contributed by atoms with Crippen LogP contribution in [0.25, 0.3) is 0 Å². The van der Waals surface area contributed by atoms with Gasteiger partial charge in [-0.2, -0.15) is 0 Å². The number of likely N-dealkylation sites (tertiary alicyclic amines) is 1. The van der Waals surface area contributed by atoms with Gasteiger partial charge >= 0.3 is 0 Å². The molecule has 2 heterocycles. The van der Waals surface area contributed by atoms with Gasteiger partial charge in [-0.1, -0.05) is 0 Å². The Morgan fingerprint density at radius 2 is 2.50 bits per heavy atom. The highest BCUT2D eigenvalue weighted by atomic mass is 32.1. The van der Waals surface area contributed by atoms with Crippen LogP contribution in [0.5, 0.6) is 0 Å². The minimum Gasteiger partial charge on any atom is -0.337 e. The molecule has 3 nitrogen and oxygen atoms in total. The Kier molecular flexibility index (Phi) is 2.56. The number of rotatable bonds is 1. The van der Waals surface area contributed by atoms with Gasteiger partial charge in [0.1, 0.15) is 0 Å². The summed E-state index contributed by atoms with van der Waals surface area (Å²) in [7, 11) is 0. The number of hydrogen-bond donors (Lipinski definition) is 1. The molecule has 1 aromatic rings. The van der Waals surface area contributed by atoms with Gasteiger partial charge < -0.3 is 10.6 Å². The third-order valence-electron chi connectivity index (χ3n) is 2.49. The molecule has 1 aliphatic heterocycles. The number of thiophene rings is 1. The lowest BCUT2D eigenvalue weighted by Crippen LogP contribution is -2.31. The van der Waals surface area contributed by atoms with Crippen LogP contribution >= 0.6 is 11.3 Å². The second kappa shape index (κ2) is 3.71. The van der Waals surface area contributed by atoms with Crippen molar-refractivity contribution in [1.29, 1.82) is 0 Å². The van der Waals surface area contributed by atoms with E-state index in [1.54, 1.807) is 11.3 Å². The quantitative estimate of drug-likeness (QED) is 0.757. The number of aryl methyl sites for hydroxylation is 1. The Balaban J connectivity index is 2.09. The molecule has 76 valence electrons. The molecule has 1 aliphatic rings. The first kappa shape index (κ1) is 9.68. The molecule has 1 atom stereocenters. The Labute approximate surface area is 87.5 Å². The van der Waals surface area contributed by atoms with Crippen LogP contribution in [-0.4, -0.2) is 29.9 Å². The zero-order valence-corrected chi connectivity index (χ0v) is 9.01. The fraction of sp³-hybridized carbons (Fsp3) is 0.500. The number of nitrogens with zero attached hydrogens (tertiary/aromatic N) is 1. The van der Waals surface area contributed by atoms with Gasteiger partial charge in [-0.05, 0) is 19.4 Å². The Bertz CT molecular complexity index is 348. The van der Waals surface area contributed by atoms with Crippen molar-refractivity contribution in [3.05, 3.63) is 21.9 Å². The summed E-state index contributed by atoms with van der Waals surface area (Å²) in [6, 6.07) is 2.11. The number of carbonyl (C=O) groups is 1. The molecule has 1 aromatic heterocycles. The van der Waals surface area contributed by atoms with E-state index in [0.29, 0.717) is 6.54 Å². The molecule has 0 saturated carbocycles. The van der Waals surface area contributed by atoms with Crippen molar-refractivity contribution in [2.75, 3.05) is 13.1 Å². The third kappa shape index (κ3) is 1.81. The highest BCUT2D eigenvalue weighted by Crippen LogP contribution is 2.17. The molecular weight excluding hydrogens is 196 g/mol. The van der Waals surface area contributed by atoms with Gasteiger partial charge in [-0.25, -0.2) is 0 Å². The standard InChI is InChI=1S/C10H14N2OS/c1-7-4-8(6-14-7)10(13)12-3-2-9(11)5-12/h4,6,9H,2-3,5,11H2,1H3. The lowest BCUT2D eigenvalue weighted by atomic mass is 10.3. The van der Waals surface area contributed by atoms with Crippen LogP contribution in [0.2, 0.25) is 0 Å². The lowest BCUT2D eigenvalue weighted by Gasteiger charge is -2.14. The van der Waals surface area contributed by atoms with Crippen molar-refractivity contribution in [3.63, 3.8) is 0 Å². The van der Waals surface area contributed by atoms with Crippen molar-refractivity contribution in [3.8, 4) is 0 Å². The number of nitrogens with two attached hydrogens (primary N) is 1. The van der Waals surface area contributed by atoms with Gasteiger partial charge in [0.2, 0.25) is 0 Å². The maximum absolute atomic E-state index is 11.9. The minimum atomic E-state index is 0.127. The monoisotopic (exact) mass is 210 g/mol. The summed E-state index contributed by atoms with van der Waals surface area (Å²) in [6.45, 7) is 3.51. The molecule has 0 aromatic carbocycles. The van der Waals surface area contributed by atoms with Crippen LogP contribution in [0.3, 0.4) is 0 Å². The SMILES string of the molecule is Cc1cc(C(=O)N2CCC(N)C2)cs1. The molecule has 0 aliphatic carbocycles. The lowest BCUT2D eigenvalue weighted by molar-refractivity contribution is 0.0791. The van der Waals surface area contributed by atoms with E-state index in [1.807, 2.05) is 23.3 Å². The summed E-state index contributed by atoms with van der Waals surface area (Å²) in [5.74, 6) is 0.127. The number of carbonyl (C=O) groups excluding carboxylic acids is 1. The second-order valence-electron chi connectivity index (χ2n) is 3.75. The largest absolute Gasteiger partial charge is 0.337 e. The summed E-state index contributed by atoms with van der Waals surface area (Å²) >= 11 is 1.61. The average molecular weight is 210 g/mol. The molecule has 0 spiro atoms. The summed E-state index contributed by atoms with van der Waals surface area (Å²) in [5.41, 5.74) is 6.56. The van der Waals surface area contributed by atoms with E-state index in [1.165, 1.54) is 4.88 Å². The van der Waals surface area contributed by atoms with Crippen LogP contribution in [-0.2, 0) is 0 Å². The first-order chi connectivity index (χ1) is 6.66. The van der Waals surface area contributed by atoms with Crippen LogP contribution in [0.15, 0.2) is 11.4 Å². The summed E-state index contributed by atoms with van der Waals surface area (Å²) in [5, 5.41) is 1.92. The molecule has 2 rings (SSSR count). The predicted molar refractivity (Wildman–Crippen MR) is 57.6 cm³/mol. The van der Waals surface area contributed by atoms with Crippen molar-refractivity contribution in [2.24, 2.45) is 5.73 Å². The zero-order valence-electron chi connectivity index (χ0n) is 8.19. The van der Waals surface area contributed by atoms with Crippen molar-refractivity contribution in [1.82, 2.24) is 4.90 Å². The van der Waals surface area contributed by atoms with Gasteiger partial charge in [-0.3, -0.25) is 4.79 Å². The highest BCUT2D eigenvalue weighted by Gasteiger charge is 2.24. The van der Waals surface area contributed by atoms with Crippen LogP contribution in [0.1, 0.15) is 21.7 Å². The number of hydrogen-bond acceptors (Lipinski definition) is 3. The van der Waals surface area contributed by atoms with E-state index >= 15 is 0 Å². The Morgan fingerprint density at radius 1 is 1.71 bits per heavy atom. The van der Waals surface area contributed by atoms with E-state index in [4.69, 9.17) is 5.73 Å². The van der Waals surface area contributed by atoms with Gasteiger partial charge in [0.15, 0.2) is 0 Å². The molecule has 1 unspecified atom stereocenters. The minimum absolute atomic E-state index is 0.127. The van der Waals surface area contributed by atoms with E-state index in [2.05, 4.69) is 0 Å². The molecule has 1 saturated heterocycles. The molecule has 14 heavy (non-hydrogen) atoms. The summed E-state index contributed by atoms with van der Waals surface area (Å²) in [4.78, 5) is 14.9. The smallest absolute Gasteiger partial charge is 0.254 e. The fourth-order valence-corrected chi connectivity index (χ4v) is 2.39. The van der Waals surface area contributed by atoms with Crippen molar-refractivity contribution < 1.29 is 4.79 Å². The normalized spacial score (nSPS) is 21.6. The predicted octanol–water partition coefficient (Wildman–Crippen LogP) is 1.23. The van der Waals surface area contributed by atoms with Crippen molar-refractivity contribution in [2.45, 2.75) is 19.4 Å². The molecule has 0 radical (unpaired) electrons. The van der Waals surface area contributed by atoms with E-state index in [-0.39, 0.29) is 11.9 Å². The number of amides is 1. The van der Waals surface area contributed by atoms with Crippen molar-refractivity contribution >= 4 is 17.2 Å². The molecule has 2 N–H and O–H groups in total. The zero-order chi connectivity index (χ0) is 10.1. The van der Waals surface area contributed by atoms with Crippen LogP contribution in [0, 0.1) is 6.92 Å². The van der Waals surface area contributed by atoms with Crippen LogP contribution < -0.4 is 5.73 Å². The fourth-order valence-electron chi connectivity index (χ4n) is 1.71. The maximum Gasteiger partial charge on any atom is 0.254 e. The molecular formula is C10H14N2OS. The molecule has 1 amide bonds. The van der Waals surface area contributed by atoms with E-state index in [0.717, 1.165) is 18.5 Å². The Morgan fingerprint density at radius 3 is 3.00 bits per heavy atom. The van der Waals surface area contributed by atoms with E-state index in [9.17, 15) is 4.79 Å². The molecule has 1 fully saturated rings. The van der Waals surface area contributed by atoms with E-state index < -0.39 is 0 Å². The van der Waals surface area contributed by atoms with Gasteiger partial charge in [0, 0.05) is 29.4 Å². The Hall–Kier alpha value is -0.870. The first-order valence-corrected chi connectivity index (χ1v) is 5.65. The van der Waals surface area contributed by atoms with Gasteiger partial charge in [0.25, 0.3) is 5.91 Å². The molecule has 0 bridgehead atoms. The maximum atomic E-state index is 11.9. The third-order valence-corrected chi connectivity index (χ3v) is 3.35. The highest BCUT2D eigenvalue weighted by molar-refractivity contribution is 7.10. The average Bonchev–Trinajstić information content (AvgIpc) is 2.73. The topological polar surface area (TPSA) is 46.3 Å². The van der Waals surface area contributed by atoms with Crippen LogP contribution in [0.4, 0.5) is 0 Å². The van der Waals surface area contributed by atoms with Gasteiger partial charge in [0.05, 0.1) is 5.56 Å². The summed E-state index contributed by atoms with van der Waals surface area (Å²) in [6.07, 6.45) is 0.925. The van der Waals surface area contributed by atoms with Gasteiger partial charge in [-0.15, -0.1) is 11.3 Å². The molecule has 4 heteroatoms. The first-order valence-electron chi connectivity index (χ1n) is 4.77.